The van der Waals surface area contributed by atoms with Crippen molar-refractivity contribution in [1.29, 1.82) is 0 Å². The Bertz CT molecular complexity index is 162. The highest BCUT2D eigenvalue weighted by atomic mass is 79.9. The van der Waals surface area contributed by atoms with Crippen molar-refractivity contribution in [3.05, 3.63) is 0 Å². The Morgan fingerprint density at radius 1 is 0.619 bits per heavy atom. The summed E-state index contributed by atoms with van der Waals surface area (Å²) < 4.78 is 0. The molecule has 0 aliphatic carbocycles. The average Bonchev–Trinajstić information content (AvgIpc) is 2.53. The molecule has 0 radical (unpaired) electrons. The number of halogens is 1. The average molecular weight is 364 g/mol. The molecule has 130 valence electrons. The third-order valence-electron chi connectivity index (χ3n) is 4.06. The van der Waals surface area contributed by atoms with Gasteiger partial charge < -0.3 is 5.73 Å². The molecule has 0 saturated carbocycles. The molecule has 0 aliphatic heterocycles. The van der Waals surface area contributed by atoms with Crippen molar-refractivity contribution >= 4 is 15.9 Å². The lowest BCUT2D eigenvalue weighted by molar-refractivity contribution is 0.533. The number of hydrogen-bond donors (Lipinski definition) is 1. The SMILES string of the molecule is CCCCCCCCCCCCCCCC(Br)CC.CN. The molecule has 21 heavy (non-hydrogen) atoms. The van der Waals surface area contributed by atoms with Gasteiger partial charge in [0.25, 0.3) is 0 Å². The van der Waals surface area contributed by atoms with Gasteiger partial charge in [-0.25, -0.2) is 0 Å². The molecule has 0 saturated heterocycles. The molecule has 0 heterocycles. The first-order valence-electron chi connectivity index (χ1n) is 9.53. The largest absolute Gasteiger partial charge is 0.333 e. The lowest BCUT2D eigenvalue weighted by atomic mass is 10.0. The van der Waals surface area contributed by atoms with Gasteiger partial charge in [-0.15, -0.1) is 0 Å². The maximum atomic E-state index is 4.50. The number of hydrogen-bond acceptors (Lipinski definition) is 1. The molecule has 2 N–H and O–H groups in total. The second-order valence-electron chi connectivity index (χ2n) is 6.04. The molecule has 1 unspecified atom stereocenters. The standard InChI is InChI=1S/C18H37Br.CH5N/c1-3-5-6-7-8-9-10-11-12-13-14-15-16-17-18(19)4-2;1-2/h18H,3-17H2,1-2H3;2H2,1H3. The van der Waals surface area contributed by atoms with Crippen molar-refractivity contribution in [2.45, 2.75) is 115 Å². The first-order valence-corrected chi connectivity index (χ1v) is 10.4. The quantitative estimate of drug-likeness (QED) is 0.241. The fourth-order valence-corrected chi connectivity index (χ4v) is 2.91. The van der Waals surface area contributed by atoms with E-state index in [-0.39, 0.29) is 0 Å². The van der Waals surface area contributed by atoms with E-state index in [1.807, 2.05) is 0 Å². The summed E-state index contributed by atoms with van der Waals surface area (Å²) in [6, 6.07) is 0. The fourth-order valence-electron chi connectivity index (χ4n) is 2.59. The summed E-state index contributed by atoms with van der Waals surface area (Å²) in [5.41, 5.74) is 4.50. The van der Waals surface area contributed by atoms with E-state index in [4.69, 9.17) is 0 Å². The van der Waals surface area contributed by atoms with Gasteiger partial charge in [0.15, 0.2) is 0 Å². The Hall–Kier alpha value is 0.440. The summed E-state index contributed by atoms with van der Waals surface area (Å²) in [6.07, 6.45) is 21.6. The van der Waals surface area contributed by atoms with Gasteiger partial charge in [0.2, 0.25) is 0 Å². The monoisotopic (exact) mass is 363 g/mol. The van der Waals surface area contributed by atoms with Crippen molar-refractivity contribution < 1.29 is 0 Å². The second-order valence-corrected chi connectivity index (χ2v) is 7.33. The van der Waals surface area contributed by atoms with Crippen LogP contribution in [0.15, 0.2) is 0 Å². The van der Waals surface area contributed by atoms with Crippen molar-refractivity contribution in [2.75, 3.05) is 7.05 Å². The zero-order chi connectivity index (χ0) is 16.2. The molecule has 0 spiro atoms. The van der Waals surface area contributed by atoms with Crippen LogP contribution >= 0.6 is 15.9 Å². The number of unbranched alkanes of at least 4 members (excludes halogenated alkanes) is 12. The fraction of sp³-hybridized carbons (Fsp3) is 1.00. The molecule has 0 aliphatic rings. The Labute approximate surface area is 144 Å². The summed E-state index contributed by atoms with van der Waals surface area (Å²) in [6.45, 7) is 4.56. The molecule has 0 aromatic carbocycles. The molecular formula is C19H42BrN. The molecule has 0 rings (SSSR count). The van der Waals surface area contributed by atoms with E-state index in [9.17, 15) is 0 Å². The Kier molecular flexibility index (Phi) is 25.6. The van der Waals surface area contributed by atoms with Gasteiger partial charge in [-0.2, -0.15) is 0 Å². The molecular weight excluding hydrogens is 322 g/mol. The molecule has 0 bridgehead atoms. The van der Waals surface area contributed by atoms with E-state index < -0.39 is 0 Å². The van der Waals surface area contributed by atoms with Gasteiger partial charge in [0.05, 0.1) is 0 Å². The highest BCUT2D eigenvalue weighted by Gasteiger charge is 1.99. The van der Waals surface area contributed by atoms with Gasteiger partial charge >= 0.3 is 0 Å². The summed E-state index contributed by atoms with van der Waals surface area (Å²) in [5.74, 6) is 0. The maximum Gasteiger partial charge on any atom is 0.0143 e. The van der Waals surface area contributed by atoms with Crippen molar-refractivity contribution in [3.63, 3.8) is 0 Å². The van der Waals surface area contributed by atoms with E-state index in [0.29, 0.717) is 0 Å². The van der Waals surface area contributed by atoms with Crippen LogP contribution in [0.5, 0.6) is 0 Å². The first kappa shape index (κ1) is 23.7. The highest BCUT2D eigenvalue weighted by molar-refractivity contribution is 9.09. The Morgan fingerprint density at radius 3 is 1.29 bits per heavy atom. The summed E-state index contributed by atoms with van der Waals surface area (Å²) in [4.78, 5) is 0.764. The minimum Gasteiger partial charge on any atom is -0.333 e. The highest BCUT2D eigenvalue weighted by Crippen LogP contribution is 2.16. The van der Waals surface area contributed by atoms with E-state index in [1.165, 1.54) is 103 Å². The van der Waals surface area contributed by atoms with Crippen LogP contribution < -0.4 is 5.73 Å². The van der Waals surface area contributed by atoms with Crippen molar-refractivity contribution in [3.8, 4) is 0 Å². The second kappa shape index (κ2) is 22.7. The van der Waals surface area contributed by atoms with Crippen LogP contribution in [0.4, 0.5) is 0 Å². The van der Waals surface area contributed by atoms with Crippen LogP contribution in [0.2, 0.25) is 0 Å². The Morgan fingerprint density at radius 2 is 0.952 bits per heavy atom. The van der Waals surface area contributed by atoms with Crippen molar-refractivity contribution in [1.82, 2.24) is 0 Å². The lowest BCUT2D eigenvalue weighted by Crippen LogP contribution is -1.94. The van der Waals surface area contributed by atoms with Gasteiger partial charge in [-0.05, 0) is 19.9 Å². The lowest BCUT2D eigenvalue weighted by Gasteiger charge is -2.06. The number of alkyl halides is 1. The van der Waals surface area contributed by atoms with Crippen LogP contribution in [0.25, 0.3) is 0 Å². The topological polar surface area (TPSA) is 26.0 Å². The summed E-state index contributed by atoms with van der Waals surface area (Å²) >= 11 is 3.71. The van der Waals surface area contributed by atoms with Crippen LogP contribution in [-0.4, -0.2) is 11.9 Å². The smallest absolute Gasteiger partial charge is 0.0143 e. The molecule has 0 aromatic heterocycles. The normalized spacial score (nSPS) is 11.9. The third-order valence-corrected chi connectivity index (χ3v) is 5.17. The van der Waals surface area contributed by atoms with Gasteiger partial charge in [0.1, 0.15) is 0 Å². The molecule has 0 amide bonds. The van der Waals surface area contributed by atoms with Gasteiger partial charge in [-0.1, -0.05) is 113 Å². The van der Waals surface area contributed by atoms with Crippen LogP contribution in [-0.2, 0) is 0 Å². The van der Waals surface area contributed by atoms with E-state index in [0.717, 1.165) is 4.83 Å². The van der Waals surface area contributed by atoms with Crippen LogP contribution in [0.3, 0.4) is 0 Å². The molecule has 0 aromatic rings. The molecule has 0 fully saturated rings. The first-order chi connectivity index (χ1) is 10.3. The van der Waals surface area contributed by atoms with E-state index >= 15 is 0 Å². The van der Waals surface area contributed by atoms with Crippen LogP contribution in [0.1, 0.15) is 110 Å². The van der Waals surface area contributed by atoms with Crippen LogP contribution in [0, 0.1) is 0 Å². The van der Waals surface area contributed by atoms with E-state index in [1.54, 1.807) is 0 Å². The predicted octanol–water partition coefficient (Wildman–Crippen LogP) is 7.22. The Balaban J connectivity index is 0. The van der Waals surface area contributed by atoms with Crippen molar-refractivity contribution in [2.24, 2.45) is 5.73 Å². The number of rotatable bonds is 15. The summed E-state index contributed by atoms with van der Waals surface area (Å²) in [5, 5.41) is 0. The van der Waals surface area contributed by atoms with E-state index in [2.05, 4.69) is 35.5 Å². The minimum atomic E-state index is 0.764. The zero-order valence-electron chi connectivity index (χ0n) is 15.1. The third kappa shape index (κ3) is 22.9. The van der Waals surface area contributed by atoms with Gasteiger partial charge in [-0.3, -0.25) is 0 Å². The number of nitrogens with two attached hydrogens (primary N) is 1. The molecule has 2 heteroatoms. The molecule has 1 nitrogen and oxygen atoms in total. The summed E-state index contributed by atoms with van der Waals surface area (Å²) in [7, 11) is 1.50. The predicted molar refractivity (Wildman–Crippen MR) is 103 cm³/mol. The zero-order valence-corrected chi connectivity index (χ0v) is 16.7. The molecule has 1 atom stereocenters. The van der Waals surface area contributed by atoms with Gasteiger partial charge in [0, 0.05) is 4.83 Å². The maximum absolute atomic E-state index is 4.50. The minimum absolute atomic E-state index is 0.764.